The highest BCUT2D eigenvalue weighted by atomic mass is 32.2. The zero-order valence-corrected chi connectivity index (χ0v) is 8.19. The average molecular weight is 225 g/mol. The summed E-state index contributed by atoms with van der Waals surface area (Å²) in [7, 11) is -4.40. The van der Waals surface area contributed by atoms with Gasteiger partial charge < -0.3 is 10.8 Å². The van der Waals surface area contributed by atoms with Gasteiger partial charge in [0, 0.05) is 0 Å². The number of carboxylic acid groups (broad SMARTS) is 1. The summed E-state index contributed by atoms with van der Waals surface area (Å²) in [5.74, 6) is -2.04. The second-order valence-electron chi connectivity index (χ2n) is 2.10. The van der Waals surface area contributed by atoms with E-state index in [1.54, 1.807) is 0 Å². The summed E-state index contributed by atoms with van der Waals surface area (Å²) < 4.78 is 27.9. The van der Waals surface area contributed by atoms with Gasteiger partial charge in [0.1, 0.15) is 0 Å². The highest BCUT2D eigenvalue weighted by molar-refractivity contribution is 7.87. The van der Waals surface area contributed by atoms with Crippen LogP contribution in [0.25, 0.3) is 0 Å². The van der Waals surface area contributed by atoms with Gasteiger partial charge in [-0.3, -0.25) is 14.1 Å². The number of carbonyl (C=O) groups excluding carboxylic acids is 1. The number of hydrogen-bond acceptors (Lipinski definition) is 4. The van der Waals surface area contributed by atoms with E-state index in [1.807, 2.05) is 0 Å². The third-order valence-electron chi connectivity index (χ3n) is 0.996. The molecule has 0 aliphatic rings. The number of hydrogen-bond donors (Lipinski definition) is 3. The Labute approximate surface area is 81.0 Å². The Morgan fingerprint density at radius 2 is 1.79 bits per heavy atom. The molecular weight excluding hydrogens is 214 g/mol. The summed E-state index contributed by atoms with van der Waals surface area (Å²) in [6.45, 7) is 3.97. The molecule has 4 N–H and O–H groups in total. The Bertz CT molecular complexity index is 319. The lowest BCUT2D eigenvalue weighted by Gasteiger charge is -1.98. The first-order chi connectivity index (χ1) is 6.12. The monoisotopic (exact) mass is 225 g/mol. The van der Waals surface area contributed by atoms with Gasteiger partial charge in [0.15, 0.2) is 5.25 Å². The molecule has 1 unspecified atom stereocenters. The highest BCUT2D eigenvalue weighted by Crippen LogP contribution is 1.95. The fourth-order valence-corrected chi connectivity index (χ4v) is 0.382. The maximum atomic E-state index is 9.95. The van der Waals surface area contributed by atoms with Crippen molar-refractivity contribution >= 4 is 22.0 Å². The summed E-state index contributed by atoms with van der Waals surface area (Å²) in [4.78, 5) is 19.3. The Morgan fingerprint density at radius 1 is 1.50 bits per heavy atom. The molecule has 0 saturated carbocycles. The minimum atomic E-state index is -4.40. The number of amides is 1. The van der Waals surface area contributed by atoms with E-state index in [2.05, 4.69) is 12.3 Å². The van der Waals surface area contributed by atoms with Gasteiger partial charge in [-0.2, -0.15) is 8.42 Å². The molecule has 0 aromatic carbocycles. The van der Waals surface area contributed by atoms with E-state index in [9.17, 15) is 18.0 Å². The van der Waals surface area contributed by atoms with E-state index < -0.39 is 27.2 Å². The van der Waals surface area contributed by atoms with Crippen LogP contribution in [-0.4, -0.2) is 35.2 Å². The lowest BCUT2D eigenvalue weighted by Crippen LogP contribution is -2.25. The molecule has 0 fully saturated rings. The van der Waals surface area contributed by atoms with E-state index in [4.69, 9.17) is 9.66 Å². The third kappa shape index (κ3) is 8.68. The molecule has 82 valence electrons. The second kappa shape index (κ2) is 6.11. The van der Waals surface area contributed by atoms with Crippen molar-refractivity contribution < 1.29 is 27.7 Å². The van der Waals surface area contributed by atoms with Crippen molar-refractivity contribution in [1.82, 2.24) is 0 Å². The molecular formula is C6H11NO6S. The highest BCUT2D eigenvalue weighted by Gasteiger charge is 2.24. The molecule has 0 radical (unpaired) electrons. The molecule has 0 spiro atoms. The first kappa shape index (κ1) is 15.1. The van der Waals surface area contributed by atoms with Crippen LogP contribution in [0, 0.1) is 0 Å². The van der Waals surface area contributed by atoms with E-state index in [1.165, 1.54) is 0 Å². The smallest absolute Gasteiger partial charge is 0.324 e. The van der Waals surface area contributed by atoms with Crippen molar-refractivity contribution in [3.05, 3.63) is 12.7 Å². The molecule has 7 nitrogen and oxygen atoms in total. The number of rotatable bonds is 3. The Balaban J connectivity index is 0. The maximum absolute atomic E-state index is 9.95. The quantitative estimate of drug-likeness (QED) is 0.416. The predicted octanol–water partition coefficient (Wildman–Crippen LogP) is -0.995. The van der Waals surface area contributed by atoms with Crippen LogP contribution < -0.4 is 5.73 Å². The summed E-state index contributed by atoms with van der Waals surface area (Å²) in [5, 5.41) is 6.24. The van der Waals surface area contributed by atoms with Crippen molar-refractivity contribution in [2.24, 2.45) is 5.73 Å². The summed E-state index contributed by atoms with van der Waals surface area (Å²) in [6, 6.07) is 0. The zero-order valence-electron chi connectivity index (χ0n) is 7.37. The molecule has 0 aromatic heterocycles. The largest absolute Gasteiger partial charge is 0.480 e. The van der Waals surface area contributed by atoms with Gasteiger partial charge in [-0.25, -0.2) is 0 Å². The number of carbonyl (C=O) groups is 2. The molecule has 0 aromatic rings. The van der Waals surface area contributed by atoms with Crippen molar-refractivity contribution in [1.29, 1.82) is 0 Å². The lowest BCUT2D eigenvalue weighted by molar-refractivity contribution is -0.136. The van der Waals surface area contributed by atoms with E-state index in [-0.39, 0.29) is 0 Å². The number of aliphatic carboxylic acids is 1. The van der Waals surface area contributed by atoms with Crippen LogP contribution in [0.2, 0.25) is 0 Å². The van der Waals surface area contributed by atoms with Crippen LogP contribution in [0.1, 0.15) is 6.92 Å². The second-order valence-corrected chi connectivity index (χ2v) is 3.84. The molecule has 1 amide bonds. The van der Waals surface area contributed by atoms with Gasteiger partial charge in [0.05, 0.1) is 0 Å². The van der Waals surface area contributed by atoms with Crippen LogP contribution in [0.4, 0.5) is 0 Å². The molecule has 8 heteroatoms. The molecule has 0 saturated heterocycles. The minimum Gasteiger partial charge on any atom is -0.480 e. The first-order valence-electron chi connectivity index (χ1n) is 3.24. The van der Waals surface area contributed by atoms with Gasteiger partial charge in [0.2, 0.25) is 5.91 Å². The molecule has 14 heavy (non-hydrogen) atoms. The van der Waals surface area contributed by atoms with E-state index in [0.717, 1.165) is 13.0 Å². The number of carboxylic acids is 1. The predicted molar refractivity (Wildman–Crippen MR) is 48.0 cm³/mol. The maximum Gasteiger partial charge on any atom is 0.324 e. The summed E-state index contributed by atoms with van der Waals surface area (Å²) in [5.41, 5.74) is 4.53. The number of primary amides is 1. The van der Waals surface area contributed by atoms with Crippen LogP contribution in [0.15, 0.2) is 12.7 Å². The SMILES string of the molecule is C=CC(N)=O.CC(C(=O)O)S(=O)(=O)O. The van der Waals surface area contributed by atoms with Crippen LogP contribution in [0.3, 0.4) is 0 Å². The van der Waals surface area contributed by atoms with Crippen LogP contribution in [0.5, 0.6) is 0 Å². The standard InChI is InChI=1S/C3H5NO.C3H6O5S/c1-2-3(4)5;1-2(3(4)5)9(6,7)8/h2H,1H2,(H2,4,5);2H,1H3,(H,4,5)(H,6,7,8). The summed E-state index contributed by atoms with van der Waals surface area (Å²) in [6.07, 6.45) is 1.06. The number of nitrogens with two attached hydrogens (primary N) is 1. The van der Waals surface area contributed by atoms with Crippen molar-refractivity contribution in [3.63, 3.8) is 0 Å². The van der Waals surface area contributed by atoms with Crippen molar-refractivity contribution in [3.8, 4) is 0 Å². The molecule has 0 heterocycles. The normalized spacial score (nSPS) is 11.9. The van der Waals surface area contributed by atoms with E-state index >= 15 is 0 Å². The average Bonchev–Trinajstić information content (AvgIpc) is 2.02. The molecule has 0 rings (SSSR count). The summed E-state index contributed by atoms with van der Waals surface area (Å²) >= 11 is 0. The molecule has 0 aliphatic carbocycles. The van der Waals surface area contributed by atoms with Crippen molar-refractivity contribution in [2.45, 2.75) is 12.2 Å². The van der Waals surface area contributed by atoms with E-state index in [0.29, 0.717) is 0 Å². The van der Waals surface area contributed by atoms with Crippen molar-refractivity contribution in [2.75, 3.05) is 0 Å². The molecule has 1 atom stereocenters. The van der Waals surface area contributed by atoms with Gasteiger partial charge in [-0.15, -0.1) is 0 Å². The first-order valence-corrected chi connectivity index (χ1v) is 4.74. The van der Waals surface area contributed by atoms with Gasteiger partial charge in [0.25, 0.3) is 10.1 Å². The molecule has 0 aliphatic heterocycles. The van der Waals surface area contributed by atoms with Crippen LogP contribution in [-0.2, 0) is 19.7 Å². The lowest BCUT2D eigenvalue weighted by atomic mass is 10.5. The Kier molecular flexibility index (Phi) is 6.58. The Morgan fingerprint density at radius 3 is 1.79 bits per heavy atom. The van der Waals surface area contributed by atoms with Gasteiger partial charge >= 0.3 is 5.97 Å². The van der Waals surface area contributed by atoms with Gasteiger partial charge in [-0.05, 0) is 13.0 Å². The third-order valence-corrected chi connectivity index (χ3v) is 2.09. The fraction of sp³-hybridized carbons (Fsp3) is 0.333. The minimum absolute atomic E-state index is 0.481. The fourth-order valence-electron chi connectivity index (χ4n) is 0.127. The van der Waals surface area contributed by atoms with Crippen LogP contribution >= 0.6 is 0 Å². The Hall–Kier alpha value is -1.41. The van der Waals surface area contributed by atoms with Gasteiger partial charge in [-0.1, -0.05) is 6.58 Å². The molecule has 0 bridgehead atoms. The topological polar surface area (TPSA) is 135 Å². The zero-order chi connectivity index (χ0) is 11.9.